The molecule has 0 fully saturated rings. The molecule has 0 atom stereocenters. The summed E-state index contributed by atoms with van der Waals surface area (Å²) in [4.78, 5) is 0. The zero-order valence-electron chi connectivity index (χ0n) is 6.91. The first-order valence-electron chi connectivity index (χ1n) is 2.54. The van der Waals surface area contributed by atoms with Crippen molar-refractivity contribution in [2.75, 3.05) is 0 Å². The fraction of sp³-hybridized carbons (Fsp3) is 1.00. The van der Waals surface area contributed by atoms with E-state index in [9.17, 15) is 26.3 Å². The van der Waals surface area contributed by atoms with Gasteiger partial charge in [0.05, 0.1) is 0 Å². The van der Waals surface area contributed by atoms with Gasteiger partial charge < -0.3 is 9.11 Å². The Morgan fingerprint density at radius 2 is 0.706 bits per heavy atom. The van der Waals surface area contributed by atoms with E-state index in [0.29, 0.717) is 0 Å². The molecule has 0 aromatic carbocycles. The Hall–Kier alpha value is 0.984. The quantitative estimate of drug-likeness (QED) is 0.294. The molecule has 0 amide bonds. The maximum Gasteiger partial charge on any atom is 2.00 e. The molecule has 0 aromatic heterocycles. The molecule has 17 heavy (non-hydrogen) atoms. The first-order chi connectivity index (χ1) is 6.50. The van der Waals surface area contributed by atoms with Gasteiger partial charge in [0.15, 0.2) is 20.2 Å². The van der Waals surface area contributed by atoms with Crippen LogP contribution in [0.2, 0.25) is 0 Å². The Labute approximate surface area is 131 Å². The number of hydrogen-bond acceptors (Lipinski definition) is 6. The van der Waals surface area contributed by atoms with Crippen molar-refractivity contribution in [1.82, 2.24) is 0 Å². The number of halogens is 6. The maximum absolute atomic E-state index is 10.7. The van der Waals surface area contributed by atoms with Gasteiger partial charge in [-0.1, -0.05) is 0 Å². The van der Waals surface area contributed by atoms with Crippen molar-refractivity contribution in [2.24, 2.45) is 0 Å². The second kappa shape index (κ2) is 6.95. The van der Waals surface area contributed by atoms with Gasteiger partial charge in [0.25, 0.3) is 0 Å². The predicted molar refractivity (Wildman–Crippen MR) is 31.5 cm³/mol. The van der Waals surface area contributed by atoms with Crippen LogP contribution in [0.25, 0.3) is 0 Å². The van der Waals surface area contributed by atoms with Crippen molar-refractivity contribution < 1.29 is 102 Å². The Balaban J connectivity index is -0.000000218. The van der Waals surface area contributed by atoms with Gasteiger partial charge in [-0.15, -0.1) is 0 Å². The van der Waals surface area contributed by atoms with Gasteiger partial charge in [0, 0.05) is 0 Å². The average molecular weight is 450 g/mol. The number of hydrogen-bond donors (Lipinski definition) is 0. The van der Waals surface area contributed by atoms with Crippen LogP contribution >= 0.6 is 0 Å². The number of rotatable bonds is 0. The summed E-state index contributed by atoms with van der Waals surface area (Å²) >= 11 is 0. The van der Waals surface area contributed by atoms with Gasteiger partial charge in [-0.25, -0.2) is 16.8 Å². The van der Waals surface area contributed by atoms with Crippen molar-refractivity contribution >= 4 is 20.2 Å². The maximum atomic E-state index is 10.7. The van der Waals surface area contributed by atoms with Crippen LogP contribution in [0.5, 0.6) is 0 Å². The third-order valence-corrected chi connectivity index (χ3v) is 1.70. The van der Waals surface area contributed by atoms with Gasteiger partial charge in [-0.05, 0) is 0 Å². The summed E-state index contributed by atoms with van der Waals surface area (Å²) in [6, 6.07) is 0. The Morgan fingerprint density at radius 1 is 0.647 bits per heavy atom. The van der Waals surface area contributed by atoms with Crippen LogP contribution in [-0.4, -0.2) is 37.0 Å². The van der Waals surface area contributed by atoms with E-state index < -0.39 is 31.3 Å². The summed E-state index contributed by atoms with van der Waals surface area (Å²) in [5.74, 6) is 0. The Bertz CT molecular complexity index is 374. The minimum Gasteiger partial charge on any atom is -0.741 e. The first kappa shape index (κ1) is 23.1. The van der Waals surface area contributed by atoms with Crippen molar-refractivity contribution in [1.29, 1.82) is 0 Å². The summed E-state index contributed by atoms with van der Waals surface area (Å²) in [7, 11) is -12.2. The van der Waals surface area contributed by atoms with Crippen LogP contribution in [0.15, 0.2) is 0 Å². The van der Waals surface area contributed by atoms with Gasteiger partial charge in [-0.2, -0.15) is 26.3 Å². The normalized spacial score (nSPS) is 13.2. The molecule has 0 heterocycles. The third kappa shape index (κ3) is 10.6. The van der Waals surface area contributed by atoms with Crippen LogP contribution in [-0.2, 0) is 20.2 Å². The van der Waals surface area contributed by atoms with Crippen LogP contribution in [0, 0.1) is 49.4 Å². The van der Waals surface area contributed by atoms with E-state index >= 15 is 0 Å². The van der Waals surface area contributed by atoms with E-state index in [1.165, 1.54) is 0 Å². The molecular formula is C2EuF6O6S2. The van der Waals surface area contributed by atoms with Crippen molar-refractivity contribution in [3.63, 3.8) is 0 Å². The van der Waals surface area contributed by atoms with E-state index in [-0.39, 0.29) is 49.4 Å². The molecule has 0 aliphatic carbocycles. The second-order valence-corrected chi connectivity index (χ2v) is 4.54. The van der Waals surface area contributed by atoms with Crippen molar-refractivity contribution in [2.45, 2.75) is 11.0 Å². The molecule has 0 bridgehead atoms. The van der Waals surface area contributed by atoms with E-state index in [1.807, 2.05) is 0 Å². The monoisotopic (exact) mass is 451 g/mol. The van der Waals surface area contributed by atoms with Crippen molar-refractivity contribution in [3.8, 4) is 0 Å². The molecular weight excluding hydrogens is 450 g/mol. The van der Waals surface area contributed by atoms with E-state index in [2.05, 4.69) is 0 Å². The fourth-order valence-electron chi connectivity index (χ4n) is 0. The standard InChI is InChI=1S/2CHF3O3S.Eu/c2*2-1(3,4)8(5,6)7;/h2*(H,5,6,7);/q;;+2/p-2. The zero-order valence-corrected chi connectivity index (χ0v) is 11.0. The topological polar surface area (TPSA) is 114 Å². The largest absolute Gasteiger partial charge is 2.00 e. The molecule has 0 saturated heterocycles. The molecule has 0 saturated carbocycles. The molecule has 0 spiro atoms. The minimum atomic E-state index is -6.09. The summed E-state index contributed by atoms with van der Waals surface area (Å²) in [6.07, 6.45) is 0. The smallest absolute Gasteiger partial charge is 0.741 e. The molecule has 0 rings (SSSR count). The van der Waals surface area contributed by atoms with Crippen LogP contribution < -0.4 is 0 Å². The van der Waals surface area contributed by atoms with E-state index in [1.54, 1.807) is 0 Å². The van der Waals surface area contributed by atoms with Gasteiger partial charge in [-0.3, -0.25) is 0 Å². The van der Waals surface area contributed by atoms with Crippen molar-refractivity contribution in [3.05, 3.63) is 0 Å². The first-order valence-corrected chi connectivity index (χ1v) is 5.36. The third-order valence-electron chi connectivity index (χ3n) is 0.567. The molecule has 6 nitrogen and oxygen atoms in total. The fourth-order valence-corrected chi connectivity index (χ4v) is 0. The van der Waals surface area contributed by atoms with Crippen LogP contribution in [0.3, 0.4) is 0 Å². The summed E-state index contributed by atoms with van der Waals surface area (Å²) in [5.41, 5.74) is -11.3. The van der Waals surface area contributed by atoms with Crippen LogP contribution in [0.1, 0.15) is 0 Å². The van der Waals surface area contributed by atoms with Gasteiger partial charge >= 0.3 is 60.4 Å². The molecule has 0 unspecified atom stereocenters. The molecule has 0 aliphatic rings. The SMILES string of the molecule is O=S(=O)([O-])C(F)(F)F.O=S(=O)([O-])C(F)(F)F.[Eu+2]. The van der Waals surface area contributed by atoms with Crippen LogP contribution in [0.4, 0.5) is 26.3 Å². The summed E-state index contributed by atoms with van der Waals surface area (Å²) in [5, 5.41) is 0. The summed E-state index contributed by atoms with van der Waals surface area (Å²) in [6.45, 7) is 0. The second-order valence-electron chi connectivity index (χ2n) is 1.80. The zero-order chi connectivity index (χ0) is 14.0. The summed E-state index contributed by atoms with van der Waals surface area (Å²) < 4.78 is 118. The van der Waals surface area contributed by atoms with Gasteiger partial charge in [0.1, 0.15) is 0 Å². The van der Waals surface area contributed by atoms with Gasteiger partial charge in [0.2, 0.25) is 0 Å². The molecule has 0 aromatic rings. The molecule has 0 aliphatic heterocycles. The number of alkyl halides is 6. The molecule has 105 valence electrons. The van der Waals surface area contributed by atoms with E-state index in [4.69, 9.17) is 25.9 Å². The molecule has 0 N–H and O–H groups in total. The molecule has 1 radical (unpaired) electrons. The Kier molecular flexibility index (Phi) is 9.45. The Morgan fingerprint density at radius 3 is 0.706 bits per heavy atom. The van der Waals surface area contributed by atoms with E-state index in [0.717, 1.165) is 0 Å². The predicted octanol–water partition coefficient (Wildman–Crippen LogP) is 0.103. The average Bonchev–Trinajstić information content (AvgIpc) is 1.77. The minimum absolute atomic E-state index is 0. The molecule has 15 heteroatoms.